The summed E-state index contributed by atoms with van der Waals surface area (Å²) >= 11 is 1.64. The molecule has 0 aliphatic heterocycles. The second kappa shape index (κ2) is 6.74. The van der Waals surface area contributed by atoms with Crippen molar-refractivity contribution in [1.29, 1.82) is 0 Å². The van der Waals surface area contributed by atoms with E-state index >= 15 is 0 Å². The number of terminal acetylenes is 1. The van der Waals surface area contributed by atoms with E-state index < -0.39 is 5.54 Å². The van der Waals surface area contributed by atoms with Crippen LogP contribution in [0.3, 0.4) is 0 Å². The molecule has 4 heteroatoms. The molecule has 3 nitrogen and oxygen atoms in total. The molecular formula is C10H18N2OS. The fourth-order valence-corrected chi connectivity index (χ4v) is 1.21. The molecule has 14 heavy (non-hydrogen) atoms. The number of hydrogen-bond donors (Lipinski definition) is 2. The average Bonchev–Trinajstić information content (AvgIpc) is 2.17. The summed E-state index contributed by atoms with van der Waals surface area (Å²) in [6.45, 7) is 4.35. The Balaban J connectivity index is 3.60. The highest BCUT2D eigenvalue weighted by Gasteiger charge is 2.24. The van der Waals surface area contributed by atoms with Crippen molar-refractivity contribution in [3.63, 3.8) is 0 Å². The Labute approximate surface area is 90.4 Å². The van der Waals surface area contributed by atoms with Crippen molar-refractivity contribution in [2.24, 2.45) is 0 Å². The molecule has 0 radical (unpaired) electrons. The second-order valence-electron chi connectivity index (χ2n) is 3.39. The van der Waals surface area contributed by atoms with Gasteiger partial charge in [0.05, 0.1) is 11.3 Å². The van der Waals surface area contributed by atoms with Crippen LogP contribution in [-0.2, 0) is 4.79 Å². The van der Waals surface area contributed by atoms with Crippen molar-refractivity contribution in [2.45, 2.75) is 19.4 Å². The lowest BCUT2D eigenvalue weighted by Gasteiger charge is -2.22. The summed E-state index contributed by atoms with van der Waals surface area (Å²) in [7, 11) is 1.77. The van der Waals surface area contributed by atoms with Gasteiger partial charge in [0, 0.05) is 12.3 Å². The van der Waals surface area contributed by atoms with Crippen LogP contribution in [0.4, 0.5) is 0 Å². The van der Waals surface area contributed by atoms with E-state index in [2.05, 4.69) is 16.6 Å². The Bertz CT molecular complexity index is 221. The highest BCUT2D eigenvalue weighted by Crippen LogP contribution is 2.01. The van der Waals surface area contributed by atoms with Crippen molar-refractivity contribution in [1.82, 2.24) is 10.6 Å². The molecule has 80 valence electrons. The van der Waals surface area contributed by atoms with Gasteiger partial charge in [-0.05, 0) is 20.9 Å². The number of carbonyl (C=O) groups excluding carboxylic acids is 1. The summed E-state index contributed by atoms with van der Waals surface area (Å²) in [4.78, 5) is 11.5. The number of carbonyl (C=O) groups is 1. The number of amides is 1. The van der Waals surface area contributed by atoms with Crippen LogP contribution in [0.15, 0.2) is 0 Å². The third-order valence-electron chi connectivity index (χ3n) is 1.91. The minimum atomic E-state index is -0.503. The summed E-state index contributed by atoms with van der Waals surface area (Å²) in [6.07, 6.45) is 5.09. The minimum absolute atomic E-state index is 0.0151. The highest BCUT2D eigenvalue weighted by atomic mass is 32.2. The first-order chi connectivity index (χ1) is 6.54. The topological polar surface area (TPSA) is 41.1 Å². The van der Waals surface area contributed by atoms with Gasteiger partial charge in [-0.1, -0.05) is 5.92 Å². The van der Waals surface area contributed by atoms with E-state index in [1.54, 1.807) is 18.8 Å². The monoisotopic (exact) mass is 214 g/mol. The van der Waals surface area contributed by atoms with Crippen LogP contribution in [0.5, 0.6) is 0 Å². The summed E-state index contributed by atoms with van der Waals surface area (Å²) in [5.41, 5.74) is -0.503. The Kier molecular flexibility index (Phi) is 6.43. The van der Waals surface area contributed by atoms with E-state index in [-0.39, 0.29) is 5.91 Å². The van der Waals surface area contributed by atoms with Crippen LogP contribution in [0.1, 0.15) is 13.8 Å². The summed E-state index contributed by atoms with van der Waals surface area (Å²) < 4.78 is 0. The van der Waals surface area contributed by atoms with Crippen molar-refractivity contribution >= 4 is 17.7 Å². The van der Waals surface area contributed by atoms with Crippen molar-refractivity contribution in [3.05, 3.63) is 0 Å². The van der Waals surface area contributed by atoms with E-state index in [0.29, 0.717) is 12.3 Å². The molecule has 0 aromatic heterocycles. The molecular weight excluding hydrogens is 196 g/mol. The molecule has 0 aliphatic carbocycles. The SMILES string of the molecule is C#CCSCCNC(=O)C(C)(C)NC. The minimum Gasteiger partial charge on any atom is -0.354 e. The van der Waals surface area contributed by atoms with E-state index in [1.807, 2.05) is 13.8 Å². The van der Waals surface area contributed by atoms with Gasteiger partial charge in [0.25, 0.3) is 0 Å². The molecule has 0 unspecified atom stereocenters. The maximum atomic E-state index is 11.5. The molecule has 0 spiro atoms. The Morgan fingerprint density at radius 2 is 2.21 bits per heavy atom. The van der Waals surface area contributed by atoms with Crippen LogP contribution in [0.2, 0.25) is 0 Å². The quantitative estimate of drug-likeness (QED) is 0.499. The van der Waals surface area contributed by atoms with Gasteiger partial charge in [-0.15, -0.1) is 18.2 Å². The summed E-state index contributed by atoms with van der Waals surface area (Å²) in [5.74, 6) is 4.11. The van der Waals surface area contributed by atoms with E-state index in [4.69, 9.17) is 6.42 Å². The lowest BCUT2D eigenvalue weighted by atomic mass is 10.1. The number of thioether (sulfide) groups is 1. The molecule has 0 aromatic carbocycles. The van der Waals surface area contributed by atoms with Crippen molar-refractivity contribution < 1.29 is 4.79 Å². The van der Waals surface area contributed by atoms with E-state index in [9.17, 15) is 4.79 Å². The van der Waals surface area contributed by atoms with Crippen LogP contribution in [0, 0.1) is 12.3 Å². The average molecular weight is 214 g/mol. The van der Waals surface area contributed by atoms with E-state index in [1.165, 1.54) is 0 Å². The first kappa shape index (κ1) is 13.3. The third kappa shape index (κ3) is 5.15. The van der Waals surface area contributed by atoms with Crippen LogP contribution in [-0.4, -0.2) is 36.5 Å². The largest absolute Gasteiger partial charge is 0.354 e. The third-order valence-corrected chi connectivity index (χ3v) is 2.77. The molecule has 0 rings (SSSR count). The van der Waals surface area contributed by atoms with Gasteiger partial charge >= 0.3 is 0 Å². The molecule has 0 saturated carbocycles. The maximum Gasteiger partial charge on any atom is 0.239 e. The zero-order valence-corrected chi connectivity index (χ0v) is 9.83. The Morgan fingerprint density at radius 3 is 2.71 bits per heavy atom. The molecule has 1 amide bonds. The molecule has 0 fully saturated rings. The lowest BCUT2D eigenvalue weighted by Crippen LogP contribution is -2.51. The standard InChI is InChI=1S/C10H18N2OS/c1-5-7-14-8-6-12-9(13)10(2,3)11-4/h1,11H,6-8H2,2-4H3,(H,12,13). The Morgan fingerprint density at radius 1 is 1.57 bits per heavy atom. The molecule has 0 aromatic rings. The molecule has 0 aliphatic rings. The van der Waals surface area contributed by atoms with Crippen LogP contribution >= 0.6 is 11.8 Å². The fraction of sp³-hybridized carbons (Fsp3) is 0.700. The smallest absolute Gasteiger partial charge is 0.239 e. The zero-order chi connectivity index (χ0) is 11.0. The van der Waals surface area contributed by atoms with Crippen LogP contribution in [0.25, 0.3) is 0 Å². The summed E-state index contributed by atoms with van der Waals surface area (Å²) in [5, 5.41) is 5.78. The van der Waals surface area contributed by atoms with Gasteiger partial charge in [-0.25, -0.2) is 0 Å². The van der Waals surface area contributed by atoms with Gasteiger partial charge in [-0.2, -0.15) is 0 Å². The molecule has 0 bridgehead atoms. The first-order valence-corrected chi connectivity index (χ1v) is 5.68. The lowest BCUT2D eigenvalue weighted by molar-refractivity contribution is -0.126. The maximum absolute atomic E-state index is 11.5. The second-order valence-corrected chi connectivity index (χ2v) is 4.49. The van der Waals surface area contributed by atoms with Gasteiger partial charge < -0.3 is 10.6 Å². The predicted molar refractivity (Wildman–Crippen MR) is 62.3 cm³/mol. The molecule has 0 saturated heterocycles. The first-order valence-electron chi connectivity index (χ1n) is 4.53. The fourth-order valence-electron chi connectivity index (χ4n) is 0.702. The van der Waals surface area contributed by atoms with Gasteiger partial charge in [0.1, 0.15) is 0 Å². The molecule has 0 heterocycles. The number of likely N-dealkylation sites (N-methyl/N-ethyl adjacent to an activating group) is 1. The Hall–Kier alpha value is -0.660. The predicted octanol–water partition coefficient (Wildman–Crippen LogP) is 0.467. The van der Waals surface area contributed by atoms with Crippen molar-refractivity contribution in [2.75, 3.05) is 25.1 Å². The van der Waals surface area contributed by atoms with Gasteiger partial charge in [0.15, 0.2) is 0 Å². The summed E-state index contributed by atoms with van der Waals surface area (Å²) in [6, 6.07) is 0. The van der Waals surface area contributed by atoms with Gasteiger partial charge in [-0.3, -0.25) is 4.79 Å². The molecule has 0 atom stereocenters. The van der Waals surface area contributed by atoms with Gasteiger partial charge in [0.2, 0.25) is 5.91 Å². The number of nitrogens with one attached hydrogen (secondary N) is 2. The molecule has 2 N–H and O–H groups in total. The van der Waals surface area contributed by atoms with Crippen LogP contribution < -0.4 is 10.6 Å². The number of rotatable bonds is 6. The number of hydrogen-bond acceptors (Lipinski definition) is 3. The van der Waals surface area contributed by atoms with E-state index in [0.717, 1.165) is 5.75 Å². The van der Waals surface area contributed by atoms with Crippen molar-refractivity contribution in [3.8, 4) is 12.3 Å². The zero-order valence-electron chi connectivity index (χ0n) is 9.02. The normalized spacial score (nSPS) is 10.7. The highest BCUT2D eigenvalue weighted by molar-refractivity contribution is 7.99.